The number of aryl methyl sites for hydroxylation is 1. The minimum Gasteiger partial charge on any atom is -0.248 e. The summed E-state index contributed by atoms with van der Waals surface area (Å²) in [5, 5.41) is 9.27. The molecule has 0 radical (unpaired) electrons. The molecule has 0 bridgehead atoms. The van der Waals surface area contributed by atoms with Gasteiger partial charge in [0.2, 0.25) is 0 Å². The van der Waals surface area contributed by atoms with Gasteiger partial charge in [0.15, 0.2) is 0 Å². The van der Waals surface area contributed by atoms with Gasteiger partial charge in [-0.2, -0.15) is 0 Å². The van der Waals surface area contributed by atoms with Gasteiger partial charge in [-0.25, -0.2) is 4.68 Å². The molecule has 2 rings (SSSR count). The highest BCUT2D eigenvalue weighted by atomic mass is 35.5. The molecule has 1 heterocycles. The first-order valence-corrected chi connectivity index (χ1v) is 6.37. The lowest BCUT2D eigenvalue weighted by Crippen LogP contribution is -2.01. The zero-order valence-corrected chi connectivity index (χ0v) is 11.2. The molecule has 3 nitrogen and oxygen atoms in total. The summed E-state index contributed by atoms with van der Waals surface area (Å²) in [6.45, 7) is 0.508. The zero-order valence-electron chi connectivity index (χ0n) is 8.91. The molecular formula is C11H10Cl3N3. The molecular weight excluding hydrogens is 281 g/mol. The van der Waals surface area contributed by atoms with E-state index in [4.69, 9.17) is 34.8 Å². The number of alkyl halides is 1. The maximum absolute atomic E-state index is 6.08. The number of hydrogen-bond acceptors (Lipinski definition) is 2. The molecule has 0 unspecified atom stereocenters. The first-order chi connectivity index (χ1) is 8.20. The average molecular weight is 291 g/mol. The number of nitrogens with zero attached hydrogens (tertiary/aromatic N) is 3. The van der Waals surface area contributed by atoms with Crippen LogP contribution >= 0.6 is 34.8 Å². The lowest BCUT2D eigenvalue weighted by Gasteiger charge is -2.05. The Kier molecular flexibility index (Phi) is 4.26. The van der Waals surface area contributed by atoms with Crippen molar-refractivity contribution in [2.75, 3.05) is 5.88 Å². The quantitative estimate of drug-likeness (QED) is 0.808. The molecule has 0 atom stereocenters. The molecule has 90 valence electrons. The van der Waals surface area contributed by atoms with Crippen LogP contribution in [0.3, 0.4) is 0 Å². The third kappa shape index (κ3) is 3.12. The highest BCUT2D eigenvalue weighted by Crippen LogP contribution is 2.24. The molecule has 0 amide bonds. The fraction of sp³-hybridized carbons (Fsp3) is 0.273. The van der Waals surface area contributed by atoms with E-state index in [0.717, 1.165) is 11.3 Å². The third-order valence-electron chi connectivity index (χ3n) is 2.32. The minimum atomic E-state index is 0.508. The normalized spacial score (nSPS) is 10.8. The van der Waals surface area contributed by atoms with Crippen LogP contribution in [0.5, 0.6) is 0 Å². The first-order valence-electron chi connectivity index (χ1n) is 5.08. The van der Waals surface area contributed by atoms with Gasteiger partial charge >= 0.3 is 0 Å². The van der Waals surface area contributed by atoms with Crippen LogP contribution in [0.1, 0.15) is 11.3 Å². The molecule has 1 aromatic carbocycles. The van der Waals surface area contributed by atoms with Crippen LogP contribution in [-0.4, -0.2) is 20.9 Å². The zero-order chi connectivity index (χ0) is 12.3. The van der Waals surface area contributed by atoms with Crippen molar-refractivity contribution >= 4 is 34.8 Å². The van der Waals surface area contributed by atoms with E-state index in [9.17, 15) is 0 Å². The smallest absolute Gasteiger partial charge is 0.0839 e. The number of rotatable bonds is 4. The van der Waals surface area contributed by atoms with Gasteiger partial charge in [-0.3, -0.25) is 0 Å². The van der Waals surface area contributed by atoms with Crippen molar-refractivity contribution in [3.63, 3.8) is 0 Å². The van der Waals surface area contributed by atoms with Crippen LogP contribution in [0.4, 0.5) is 0 Å². The minimum absolute atomic E-state index is 0.508. The van der Waals surface area contributed by atoms with Crippen molar-refractivity contribution in [3.05, 3.63) is 45.7 Å². The third-order valence-corrected chi connectivity index (χ3v) is 3.22. The SMILES string of the molecule is ClCCc1cn(Cc2c(Cl)cccc2Cl)nn1. The van der Waals surface area contributed by atoms with Gasteiger partial charge in [-0.15, -0.1) is 16.7 Å². The fourth-order valence-corrected chi connectivity index (χ4v) is 2.18. The van der Waals surface area contributed by atoms with Crippen LogP contribution in [0.2, 0.25) is 10.0 Å². The topological polar surface area (TPSA) is 30.7 Å². The van der Waals surface area contributed by atoms with Crippen LogP contribution in [0, 0.1) is 0 Å². The molecule has 0 aliphatic carbocycles. The van der Waals surface area contributed by atoms with E-state index in [-0.39, 0.29) is 0 Å². The number of hydrogen-bond donors (Lipinski definition) is 0. The van der Waals surface area contributed by atoms with Gasteiger partial charge < -0.3 is 0 Å². The van der Waals surface area contributed by atoms with Crippen LogP contribution in [-0.2, 0) is 13.0 Å². The summed E-state index contributed by atoms with van der Waals surface area (Å²) >= 11 is 17.8. The monoisotopic (exact) mass is 289 g/mol. The Morgan fingerprint density at radius 1 is 1.18 bits per heavy atom. The maximum Gasteiger partial charge on any atom is 0.0839 e. The van der Waals surface area contributed by atoms with Gasteiger partial charge in [0.1, 0.15) is 0 Å². The standard InChI is InChI=1S/C11H10Cl3N3/c12-5-4-8-6-17(16-15-8)7-9-10(13)2-1-3-11(9)14/h1-3,6H,4-5,7H2. The number of aromatic nitrogens is 3. The Hall–Kier alpha value is -0.770. The van der Waals surface area contributed by atoms with Gasteiger partial charge in [-0.05, 0) is 12.1 Å². The highest BCUT2D eigenvalue weighted by molar-refractivity contribution is 6.35. The van der Waals surface area contributed by atoms with E-state index in [2.05, 4.69) is 10.3 Å². The molecule has 0 aliphatic rings. The Bertz CT molecular complexity index is 490. The van der Waals surface area contributed by atoms with Crippen molar-refractivity contribution in [2.45, 2.75) is 13.0 Å². The van der Waals surface area contributed by atoms with Crippen LogP contribution in [0.25, 0.3) is 0 Å². The molecule has 17 heavy (non-hydrogen) atoms. The molecule has 0 N–H and O–H groups in total. The predicted molar refractivity (Wildman–Crippen MR) is 70.0 cm³/mol. The maximum atomic E-state index is 6.08. The summed E-state index contributed by atoms with van der Waals surface area (Å²) in [5.41, 5.74) is 1.71. The van der Waals surface area contributed by atoms with Crippen molar-refractivity contribution in [1.29, 1.82) is 0 Å². The summed E-state index contributed by atoms with van der Waals surface area (Å²) in [5.74, 6) is 0.533. The Morgan fingerprint density at radius 3 is 2.53 bits per heavy atom. The molecule has 6 heteroatoms. The van der Waals surface area contributed by atoms with Crippen LogP contribution < -0.4 is 0 Å². The van der Waals surface area contributed by atoms with E-state index in [1.807, 2.05) is 12.3 Å². The van der Waals surface area contributed by atoms with E-state index < -0.39 is 0 Å². The van der Waals surface area contributed by atoms with E-state index >= 15 is 0 Å². The summed E-state index contributed by atoms with van der Waals surface area (Å²) in [4.78, 5) is 0. The largest absolute Gasteiger partial charge is 0.248 e. The molecule has 0 spiro atoms. The summed E-state index contributed by atoms with van der Waals surface area (Å²) in [6, 6.07) is 5.42. The number of halogens is 3. The highest BCUT2D eigenvalue weighted by Gasteiger charge is 2.07. The lowest BCUT2D eigenvalue weighted by atomic mass is 10.2. The van der Waals surface area contributed by atoms with Gasteiger partial charge in [0.05, 0.1) is 12.2 Å². The van der Waals surface area contributed by atoms with E-state index in [0.29, 0.717) is 28.9 Å². The molecule has 1 aromatic heterocycles. The Labute approximate surface area is 114 Å². The second kappa shape index (κ2) is 5.71. The second-order valence-electron chi connectivity index (χ2n) is 3.55. The summed E-state index contributed by atoms with van der Waals surface area (Å²) < 4.78 is 1.70. The van der Waals surface area contributed by atoms with Crippen molar-refractivity contribution < 1.29 is 0 Å². The summed E-state index contributed by atoms with van der Waals surface area (Å²) in [7, 11) is 0. The van der Waals surface area contributed by atoms with Gasteiger partial charge in [0.25, 0.3) is 0 Å². The van der Waals surface area contributed by atoms with Crippen molar-refractivity contribution in [2.24, 2.45) is 0 Å². The Balaban J connectivity index is 2.19. The molecule has 0 aliphatic heterocycles. The van der Waals surface area contributed by atoms with Gasteiger partial charge in [-0.1, -0.05) is 34.5 Å². The summed E-state index contributed by atoms with van der Waals surface area (Å²) in [6.07, 6.45) is 2.56. The van der Waals surface area contributed by atoms with Crippen molar-refractivity contribution in [3.8, 4) is 0 Å². The van der Waals surface area contributed by atoms with Crippen LogP contribution in [0.15, 0.2) is 24.4 Å². The molecule has 2 aromatic rings. The molecule has 0 saturated carbocycles. The molecule has 0 saturated heterocycles. The van der Waals surface area contributed by atoms with E-state index in [1.165, 1.54) is 0 Å². The predicted octanol–water partition coefficient (Wildman–Crippen LogP) is 3.41. The van der Waals surface area contributed by atoms with Crippen molar-refractivity contribution in [1.82, 2.24) is 15.0 Å². The Morgan fingerprint density at radius 2 is 1.88 bits per heavy atom. The molecule has 0 fully saturated rings. The van der Waals surface area contributed by atoms with E-state index in [1.54, 1.807) is 16.8 Å². The second-order valence-corrected chi connectivity index (χ2v) is 4.74. The number of benzene rings is 1. The lowest BCUT2D eigenvalue weighted by molar-refractivity contribution is 0.649. The van der Waals surface area contributed by atoms with Gasteiger partial charge in [0, 0.05) is 34.1 Å². The fourth-order valence-electron chi connectivity index (χ4n) is 1.47. The first kappa shape index (κ1) is 12.7. The average Bonchev–Trinajstić information content (AvgIpc) is 2.72.